The molecule has 2 aliphatic heterocycles. The molecule has 24 nitrogen and oxygen atoms in total. The lowest BCUT2D eigenvalue weighted by Crippen LogP contribution is -2.69. The summed E-state index contributed by atoms with van der Waals surface area (Å²) in [6, 6.07) is 0. The van der Waals surface area contributed by atoms with Crippen LogP contribution in [0.25, 0.3) is 0 Å². The lowest BCUT2D eigenvalue weighted by atomic mass is 9.84. The molecule has 3 fully saturated rings. The third-order valence-corrected chi connectivity index (χ3v) is 20.4. The van der Waals surface area contributed by atoms with E-state index in [-0.39, 0.29) is 19.3 Å². The Bertz CT molecular complexity index is 2110. The molecule has 1 saturated carbocycles. The molecular weight excluding hydrogens is 1300 g/mol. The predicted octanol–water partition coefficient (Wildman–Crippen LogP) is 11.0. The van der Waals surface area contributed by atoms with Crippen LogP contribution < -0.4 is 0 Å². The molecule has 3 rings (SSSR count). The monoisotopic (exact) mass is 1440 g/mol. The maximum Gasteiger partial charge on any atom is 0.472 e. The highest BCUT2D eigenvalue weighted by molar-refractivity contribution is 7.47. The van der Waals surface area contributed by atoms with Crippen molar-refractivity contribution in [1.82, 2.24) is 0 Å². The lowest BCUT2D eigenvalue weighted by molar-refractivity contribution is -0.360. The van der Waals surface area contributed by atoms with Gasteiger partial charge in [0.25, 0.3) is 0 Å². The highest BCUT2D eigenvalue weighted by Crippen LogP contribution is 2.49. The van der Waals surface area contributed by atoms with Crippen LogP contribution in [0, 0.1) is 5.92 Å². The summed E-state index contributed by atoms with van der Waals surface area (Å²) in [7, 11) is -5.70. The van der Waals surface area contributed by atoms with Gasteiger partial charge >= 0.3 is 25.7 Å². The van der Waals surface area contributed by atoms with Gasteiger partial charge in [0.1, 0.15) is 98.7 Å². The number of carbonyl (C=O) groups excluding carboxylic acids is 3. The summed E-state index contributed by atoms with van der Waals surface area (Å²) in [4.78, 5) is 51.1. The summed E-state index contributed by atoms with van der Waals surface area (Å²) in [6.07, 6.45) is 12.8. The zero-order valence-corrected chi connectivity index (χ0v) is 61.8. The number of rotatable bonds is 60. The number of carbonyl (C=O) groups is 3. The fraction of sp³-hybridized carbons (Fsp3) is 0.932. The Hall–Kier alpha value is -2.30. The SMILES string of the molecule is CCCCCCCCC/C=C\CCCCCC(=O)OCC(COP(=O)(O)OC1C(OC2OC(CO)C(O)C(O)C2O)C(O)C(O)C(O)C1OC1OC(COC(=O)CCCCCCCCC(C)CCCCCCCC)C(O)C(O)C1O)OC(=O)CCCCCCCCCCCCCCCC. The van der Waals surface area contributed by atoms with Crippen LogP contribution in [0.4, 0.5) is 0 Å². The Balaban J connectivity index is 1.73. The summed E-state index contributed by atoms with van der Waals surface area (Å²) >= 11 is 0. The van der Waals surface area contributed by atoms with E-state index < -0.39 is 156 Å². The van der Waals surface area contributed by atoms with Gasteiger partial charge in [-0.2, -0.15) is 0 Å². The number of unbranched alkanes of at least 4 members (excludes halogenated alkanes) is 33. The van der Waals surface area contributed by atoms with Gasteiger partial charge in [-0.25, -0.2) is 4.57 Å². The molecule has 0 amide bonds. The summed E-state index contributed by atoms with van der Waals surface area (Å²) in [5, 5.41) is 110. The molecule has 19 unspecified atom stereocenters. The van der Waals surface area contributed by atoms with Gasteiger partial charge in [0.2, 0.25) is 0 Å². The van der Waals surface area contributed by atoms with Gasteiger partial charge in [0.05, 0.1) is 13.2 Å². The molecule has 1 aliphatic carbocycles. The van der Waals surface area contributed by atoms with Gasteiger partial charge in [0, 0.05) is 19.3 Å². The standard InChI is InChI=1S/C74H137O24P/c1-5-8-11-14-17-19-21-23-25-27-29-31-37-42-47-58(76)90-51-55(93-60(78)49-44-39-32-30-28-26-24-22-20-18-15-12-9-6-2)52-92-99(88,89)98-72-70(96-73-68(86)63(81)61(79)56(50-75)94-73)66(84)65(83)67(85)71(72)97-74-69(87)64(82)62(80)57(95-74)53-91-59(77)48-43-38-34-33-36-41-46-54(4)45-40-35-16-13-10-7-3/h25,27,54-57,61-75,79-87H,5-24,26,28-53H2,1-4H3,(H,88,89)/b27-25-. The van der Waals surface area contributed by atoms with Crippen LogP contribution in [-0.4, -0.2) is 204 Å². The number of esters is 3. The third-order valence-electron chi connectivity index (χ3n) is 19.4. The molecule has 3 aliphatic rings. The zero-order valence-electron chi connectivity index (χ0n) is 61.0. The first kappa shape index (κ1) is 90.9. The number of aliphatic hydroxyl groups is 10. The number of hydrogen-bond acceptors (Lipinski definition) is 23. The largest absolute Gasteiger partial charge is 0.472 e. The third kappa shape index (κ3) is 38.5. The van der Waals surface area contributed by atoms with Crippen molar-refractivity contribution < 1.29 is 117 Å². The van der Waals surface area contributed by atoms with E-state index in [1.54, 1.807) is 0 Å². The summed E-state index contributed by atoms with van der Waals surface area (Å²) in [5.41, 5.74) is 0. The molecule has 99 heavy (non-hydrogen) atoms. The molecule has 0 aromatic rings. The molecule has 0 bridgehead atoms. The van der Waals surface area contributed by atoms with Crippen LogP contribution in [-0.2, 0) is 61.2 Å². The number of phosphoric ester groups is 1. The van der Waals surface area contributed by atoms with Crippen molar-refractivity contribution in [3.63, 3.8) is 0 Å². The molecular formula is C74H137O24P. The van der Waals surface area contributed by atoms with Crippen LogP contribution in [0.1, 0.15) is 304 Å². The lowest BCUT2D eigenvalue weighted by Gasteiger charge is -2.49. The highest BCUT2D eigenvalue weighted by atomic mass is 31.2. The maximum atomic E-state index is 14.3. The van der Waals surface area contributed by atoms with Crippen molar-refractivity contribution in [3.8, 4) is 0 Å². The van der Waals surface area contributed by atoms with E-state index in [0.29, 0.717) is 25.2 Å². The molecule has 0 spiro atoms. The topological polar surface area (TPSA) is 374 Å². The molecule has 2 heterocycles. The van der Waals surface area contributed by atoms with Gasteiger partial charge in [-0.15, -0.1) is 0 Å². The maximum absolute atomic E-state index is 14.3. The van der Waals surface area contributed by atoms with E-state index in [1.807, 2.05) is 0 Å². The average Bonchev–Trinajstić information content (AvgIpc) is 0.764. The number of phosphoric acid groups is 1. The fourth-order valence-corrected chi connectivity index (χ4v) is 14.0. The first-order chi connectivity index (χ1) is 47.7. The van der Waals surface area contributed by atoms with Crippen LogP contribution in [0.15, 0.2) is 12.2 Å². The smallest absolute Gasteiger partial charge is 0.463 e. The molecule has 2 saturated heterocycles. The molecule has 0 radical (unpaired) electrons. The number of aliphatic hydroxyl groups excluding tert-OH is 10. The summed E-state index contributed by atoms with van der Waals surface area (Å²) in [6.45, 7) is 5.76. The minimum Gasteiger partial charge on any atom is -0.463 e. The predicted molar refractivity (Wildman–Crippen MR) is 375 cm³/mol. The van der Waals surface area contributed by atoms with Gasteiger partial charge in [0.15, 0.2) is 18.7 Å². The zero-order chi connectivity index (χ0) is 72.6. The van der Waals surface area contributed by atoms with Crippen LogP contribution in [0.2, 0.25) is 0 Å². The van der Waals surface area contributed by atoms with E-state index >= 15 is 0 Å². The van der Waals surface area contributed by atoms with Crippen molar-refractivity contribution in [2.24, 2.45) is 5.92 Å². The Morgan fingerprint density at radius 3 is 1.20 bits per heavy atom. The fourth-order valence-electron chi connectivity index (χ4n) is 13.0. The second-order valence-corrected chi connectivity index (χ2v) is 29.8. The summed E-state index contributed by atoms with van der Waals surface area (Å²) < 4.78 is 65.1. The average molecular weight is 1440 g/mol. The number of hydrogen-bond donors (Lipinski definition) is 11. The van der Waals surface area contributed by atoms with Crippen molar-refractivity contribution >= 4 is 25.7 Å². The first-order valence-electron chi connectivity index (χ1n) is 38.9. The van der Waals surface area contributed by atoms with Gasteiger partial charge in [-0.05, 0) is 50.9 Å². The Labute approximate surface area is 592 Å². The Morgan fingerprint density at radius 1 is 0.414 bits per heavy atom. The molecule has 25 heteroatoms. The molecule has 0 aromatic carbocycles. The van der Waals surface area contributed by atoms with E-state index in [9.17, 15) is 74.9 Å². The number of allylic oxidation sites excluding steroid dienone is 2. The van der Waals surface area contributed by atoms with Crippen molar-refractivity contribution in [2.45, 2.75) is 408 Å². The van der Waals surface area contributed by atoms with E-state index in [0.717, 1.165) is 96.3 Å². The van der Waals surface area contributed by atoms with E-state index in [4.69, 9.17) is 42.2 Å². The van der Waals surface area contributed by atoms with Crippen LogP contribution in [0.3, 0.4) is 0 Å². The normalized spacial score (nSPS) is 27.8. The van der Waals surface area contributed by atoms with Gasteiger partial charge < -0.3 is 89.1 Å². The Kier molecular flexibility index (Phi) is 50.7. The first-order valence-corrected chi connectivity index (χ1v) is 40.4. The van der Waals surface area contributed by atoms with E-state index in [2.05, 4.69) is 39.8 Å². The van der Waals surface area contributed by atoms with Crippen LogP contribution in [0.5, 0.6) is 0 Å². The van der Waals surface area contributed by atoms with E-state index in [1.165, 1.54) is 141 Å². The second-order valence-electron chi connectivity index (χ2n) is 28.3. The van der Waals surface area contributed by atoms with Crippen molar-refractivity contribution in [2.75, 3.05) is 26.4 Å². The summed E-state index contributed by atoms with van der Waals surface area (Å²) in [5.74, 6) is -1.30. The molecule has 582 valence electrons. The second kappa shape index (κ2) is 55.2. The highest BCUT2D eigenvalue weighted by Gasteiger charge is 2.58. The van der Waals surface area contributed by atoms with Crippen LogP contribution >= 0.6 is 7.82 Å². The quantitative estimate of drug-likeness (QED) is 0.00886. The van der Waals surface area contributed by atoms with Crippen molar-refractivity contribution in [1.29, 1.82) is 0 Å². The van der Waals surface area contributed by atoms with Gasteiger partial charge in [-0.1, -0.05) is 252 Å². The minimum absolute atomic E-state index is 0.0276. The molecule has 0 aromatic heterocycles. The van der Waals surface area contributed by atoms with Gasteiger partial charge in [-0.3, -0.25) is 23.4 Å². The minimum atomic E-state index is -5.70. The number of ether oxygens (including phenoxy) is 7. The molecule has 19 atom stereocenters. The van der Waals surface area contributed by atoms with Crippen molar-refractivity contribution in [3.05, 3.63) is 12.2 Å². The Morgan fingerprint density at radius 2 is 0.768 bits per heavy atom. The molecule has 11 N–H and O–H groups in total.